The molecule has 0 aromatic heterocycles. The lowest BCUT2D eigenvalue weighted by molar-refractivity contribution is -0.131. The van der Waals surface area contributed by atoms with E-state index in [0.717, 1.165) is 5.56 Å². The summed E-state index contributed by atoms with van der Waals surface area (Å²) in [4.78, 5) is 10.8. The van der Waals surface area contributed by atoms with Crippen molar-refractivity contribution in [1.82, 2.24) is 0 Å². The third kappa shape index (κ3) is 3.23. The van der Waals surface area contributed by atoms with E-state index in [9.17, 15) is 4.79 Å². The van der Waals surface area contributed by atoms with Gasteiger partial charge in [0.1, 0.15) is 5.75 Å². The van der Waals surface area contributed by atoms with Crippen molar-refractivity contribution >= 4 is 23.6 Å². The maximum Gasteiger partial charge on any atom is 0.308 e. The van der Waals surface area contributed by atoms with Gasteiger partial charge in [0.25, 0.3) is 0 Å². The van der Waals surface area contributed by atoms with Crippen LogP contribution in [0.4, 0.5) is 0 Å². The molecule has 0 atom stereocenters. The summed E-state index contributed by atoms with van der Waals surface area (Å²) in [5.74, 6) is 0.673. The fourth-order valence-corrected chi connectivity index (χ4v) is 1.13. The Bertz CT molecular complexity index is 345. The smallest absolute Gasteiger partial charge is 0.308 e. The van der Waals surface area contributed by atoms with Crippen molar-refractivity contribution in [1.29, 1.82) is 0 Å². The lowest BCUT2D eigenvalue weighted by atomic mass is 10.2. The third-order valence-corrected chi connectivity index (χ3v) is 1.74. The molecule has 1 aromatic carbocycles. The third-order valence-electron chi connectivity index (χ3n) is 1.56. The molecule has 0 spiro atoms. The van der Waals surface area contributed by atoms with Crippen molar-refractivity contribution in [2.75, 3.05) is 5.88 Å². The Morgan fingerprint density at radius 2 is 2.21 bits per heavy atom. The van der Waals surface area contributed by atoms with Crippen LogP contribution in [-0.4, -0.2) is 11.8 Å². The number of para-hydroxylation sites is 1. The van der Waals surface area contributed by atoms with Gasteiger partial charge < -0.3 is 4.74 Å². The van der Waals surface area contributed by atoms with E-state index in [1.54, 1.807) is 12.1 Å². The number of alkyl halides is 1. The van der Waals surface area contributed by atoms with Crippen LogP contribution >= 0.6 is 11.6 Å². The largest absolute Gasteiger partial charge is 0.426 e. The van der Waals surface area contributed by atoms with Crippen LogP contribution in [0.1, 0.15) is 12.5 Å². The highest BCUT2D eigenvalue weighted by molar-refractivity contribution is 6.19. The quantitative estimate of drug-likeness (QED) is 0.436. The van der Waals surface area contributed by atoms with Gasteiger partial charge in [-0.2, -0.15) is 0 Å². The van der Waals surface area contributed by atoms with Crippen molar-refractivity contribution in [2.24, 2.45) is 0 Å². The topological polar surface area (TPSA) is 26.3 Å². The summed E-state index contributed by atoms with van der Waals surface area (Å²) in [5.41, 5.74) is 0.850. The molecule has 14 heavy (non-hydrogen) atoms. The van der Waals surface area contributed by atoms with Crippen LogP contribution in [0.25, 0.3) is 6.08 Å². The molecule has 74 valence electrons. The first kappa shape index (κ1) is 10.8. The first-order chi connectivity index (χ1) is 6.74. The zero-order chi connectivity index (χ0) is 10.4. The van der Waals surface area contributed by atoms with E-state index in [2.05, 4.69) is 0 Å². The number of carbonyl (C=O) groups is 1. The first-order valence-electron chi connectivity index (χ1n) is 4.24. The molecule has 0 saturated heterocycles. The maximum absolute atomic E-state index is 10.8. The van der Waals surface area contributed by atoms with Gasteiger partial charge in [0.15, 0.2) is 0 Å². The van der Waals surface area contributed by atoms with E-state index in [4.69, 9.17) is 16.3 Å². The van der Waals surface area contributed by atoms with Gasteiger partial charge >= 0.3 is 5.97 Å². The molecule has 2 nitrogen and oxygen atoms in total. The Kier molecular flexibility index (Phi) is 4.20. The van der Waals surface area contributed by atoms with E-state index >= 15 is 0 Å². The minimum atomic E-state index is -0.322. The maximum atomic E-state index is 10.8. The van der Waals surface area contributed by atoms with Crippen molar-refractivity contribution < 1.29 is 9.53 Å². The van der Waals surface area contributed by atoms with Gasteiger partial charge in [-0.15, -0.1) is 11.6 Å². The zero-order valence-electron chi connectivity index (χ0n) is 7.87. The highest BCUT2D eigenvalue weighted by atomic mass is 35.5. The van der Waals surface area contributed by atoms with Crippen molar-refractivity contribution in [2.45, 2.75) is 6.92 Å². The van der Waals surface area contributed by atoms with Crippen LogP contribution in [-0.2, 0) is 4.79 Å². The number of benzene rings is 1. The first-order valence-corrected chi connectivity index (χ1v) is 4.77. The molecule has 0 amide bonds. The van der Waals surface area contributed by atoms with E-state index in [1.807, 2.05) is 24.3 Å². The molecular formula is C11H11ClO2. The lowest BCUT2D eigenvalue weighted by Gasteiger charge is -2.04. The van der Waals surface area contributed by atoms with E-state index in [0.29, 0.717) is 11.6 Å². The summed E-state index contributed by atoms with van der Waals surface area (Å²) < 4.78 is 5.01. The fourth-order valence-electron chi connectivity index (χ4n) is 1.04. The van der Waals surface area contributed by atoms with E-state index in [-0.39, 0.29) is 5.97 Å². The molecular weight excluding hydrogens is 200 g/mol. The second-order valence-corrected chi connectivity index (χ2v) is 3.00. The van der Waals surface area contributed by atoms with Gasteiger partial charge in [0.2, 0.25) is 0 Å². The lowest BCUT2D eigenvalue weighted by Crippen LogP contribution is -2.02. The number of carbonyl (C=O) groups excluding carboxylic acids is 1. The predicted molar refractivity (Wildman–Crippen MR) is 57.5 cm³/mol. The number of ether oxygens (including phenoxy) is 1. The second kappa shape index (κ2) is 5.45. The Morgan fingerprint density at radius 3 is 2.86 bits per heavy atom. The number of halogens is 1. The van der Waals surface area contributed by atoms with Crippen LogP contribution in [0.15, 0.2) is 30.3 Å². The standard InChI is InChI=1S/C11H11ClO2/c1-9(13)14-11-7-3-2-5-10(11)6-4-8-12/h2-7H,8H2,1H3. The molecule has 0 radical (unpaired) electrons. The van der Waals surface area contributed by atoms with E-state index in [1.165, 1.54) is 6.92 Å². The van der Waals surface area contributed by atoms with Gasteiger partial charge in [-0.05, 0) is 6.07 Å². The molecule has 0 fully saturated rings. The molecule has 0 aliphatic rings. The van der Waals surface area contributed by atoms with Gasteiger partial charge in [-0.1, -0.05) is 30.4 Å². The molecule has 0 N–H and O–H groups in total. The molecule has 0 bridgehead atoms. The Morgan fingerprint density at radius 1 is 1.50 bits per heavy atom. The van der Waals surface area contributed by atoms with Crippen molar-refractivity contribution in [3.05, 3.63) is 35.9 Å². The van der Waals surface area contributed by atoms with Crippen molar-refractivity contribution in [3.8, 4) is 5.75 Å². The zero-order valence-corrected chi connectivity index (χ0v) is 8.62. The average molecular weight is 211 g/mol. The Balaban J connectivity index is 2.90. The van der Waals surface area contributed by atoms with Gasteiger partial charge in [0.05, 0.1) is 0 Å². The molecule has 0 unspecified atom stereocenters. The van der Waals surface area contributed by atoms with Crippen LogP contribution in [0.3, 0.4) is 0 Å². The molecule has 3 heteroatoms. The molecule has 0 heterocycles. The normalized spacial score (nSPS) is 10.4. The molecule has 1 rings (SSSR count). The molecule has 0 aliphatic carbocycles. The minimum Gasteiger partial charge on any atom is -0.426 e. The minimum absolute atomic E-state index is 0.322. The van der Waals surface area contributed by atoms with Crippen LogP contribution in [0, 0.1) is 0 Å². The van der Waals surface area contributed by atoms with Gasteiger partial charge in [0, 0.05) is 18.4 Å². The molecule has 1 aromatic rings. The number of hydrogen-bond donors (Lipinski definition) is 0. The summed E-state index contributed by atoms with van der Waals surface area (Å²) in [6.45, 7) is 1.38. The predicted octanol–water partition coefficient (Wildman–Crippen LogP) is 2.86. The molecule has 0 aliphatic heterocycles. The van der Waals surface area contributed by atoms with E-state index < -0.39 is 0 Å². The highest BCUT2D eigenvalue weighted by Gasteiger charge is 2.01. The number of allylic oxidation sites excluding steroid dienone is 1. The number of rotatable bonds is 3. The van der Waals surface area contributed by atoms with Crippen LogP contribution in [0.2, 0.25) is 0 Å². The SMILES string of the molecule is CC(=O)Oc1ccccc1C=CCCl. The summed E-state index contributed by atoms with van der Waals surface area (Å²) in [6, 6.07) is 7.30. The molecule has 0 saturated carbocycles. The number of hydrogen-bond acceptors (Lipinski definition) is 2. The average Bonchev–Trinajstić information content (AvgIpc) is 2.16. The van der Waals surface area contributed by atoms with Gasteiger partial charge in [-0.25, -0.2) is 0 Å². The number of esters is 1. The van der Waals surface area contributed by atoms with Crippen LogP contribution < -0.4 is 4.74 Å². The summed E-state index contributed by atoms with van der Waals surface area (Å²) in [7, 11) is 0. The summed E-state index contributed by atoms with van der Waals surface area (Å²) in [5, 5.41) is 0. The highest BCUT2D eigenvalue weighted by Crippen LogP contribution is 2.19. The van der Waals surface area contributed by atoms with Crippen molar-refractivity contribution in [3.63, 3.8) is 0 Å². The van der Waals surface area contributed by atoms with Crippen LogP contribution in [0.5, 0.6) is 5.75 Å². The Labute approximate surface area is 88.1 Å². The fraction of sp³-hybridized carbons (Fsp3) is 0.182. The summed E-state index contributed by atoms with van der Waals surface area (Å²) in [6.07, 6.45) is 3.62. The Hall–Kier alpha value is -1.28. The second-order valence-electron chi connectivity index (χ2n) is 2.69. The van der Waals surface area contributed by atoms with Gasteiger partial charge in [-0.3, -0.25) is 4.79 Å². The monoisotopic (exact) mass is 210 g/mol. The summed E-state index contributed by atoms with van der Waals surface area (Å²) >= 11 is 5.51.